The van der Waals surface area contributed by atoms with Crippen molar-refractivity contribution in [3.8, 4) is 5.75 Å². The Morgan fingerprint density at radius 3 is 2.14 bits per heavy atom. The van der Waals surface area contributed by atoms with Gasteiger partial charge in [0.25, 0.3) is 5.91 Å². The first kappa shape index (κ1) is 21.1. The largest absolute Gasteiger partial charge is 0.444 e. The predicted molar refractivity (Wildman–Crippen MR) is 101 cm³/mol. The van der Waals surface area contributed by atoms with Gasteiger partial charge in [0.2, 0.25) is 0 Å². The SMILES string of the molecule is CC(C)(C)OC(=O)NCc1ccc(C(=O)Nc2ccc(OC(F)F)cc2)cc1. The van der Waals surface area contributed by atoms with Crippen molar-refractivity contribution in [1.29, 1.82) is 0 Å². The summed E-state index contributed by atoms with van der Waals surface area (Å²) in [5, 5.41) is 5.30. The Balaban J connectivity index is 1.88. The Bertz CT molecular complexity index is 800. The zero-order chi connectivity index (χ0) is 20.7. The number of alkyl carbamates (subject to hydrolysis) is 1. The molecule has 2 N–H and O–H groups in total. The molecule has 0 atom stereocenters. The summed E-state index contributed by atoms with van der Waals surface area (Å²) >= 11 is 0. The molecule has 0 unspecified atom stereocenters. The summed E-state index contributed by atoms with van der Waals surface area (Å²) in [5.41, 5.74) is 1.09. The fourth-order valence-electron chi connectivity index (χ4n) is 2.19. The second kappa shape index (κ2) is 9.16. The van der Waals surface area contributed by atoms with Crippen LogP contribution in [0.25, 0.3) is 0 Å². The van der Waals surface area contributed by atoms with Crippen molar-refractivity contribution in [2.45, 2.75) is 39.5 Å². The van der Waals surface area contributed by atoms with Gasteiger partial charge in [-0.25, -0.2) is 4.79 Å². The fourth-order valence-corrected chi connectivity index (χ4v) is 2.19. The summed E-state index contributed by atoms with van der Waals surface area (Å²) in [5.74, 6) is -0.344. The second-order valence-corrected chi connectivity index (χ2v) is 6.91. The smallest absolute Gasteiger partial charge is 0.407 e. The van der Waals surface area contributed by atoms with Gasteiger partial charge in [0.15, 0.2) is 0 Å². The Morgan fingerprint density at radius 1 is 1.00 bits per heavy atom. The van der Waals surface area contributed by atoms with E-state index >= 15 is 0 Å². The van der Waals surface area contributed by atoms with E-state index in [4.69, 9.17) is 4.74 Å². The first-order chi connectivity index (χ1) is 13.1. The molecule has 2 aromatic rings. The predicted octanol–water partition coefficient (Wildman–Crippen LogP) is 4.57. The molecular weight excluding hydrogens is 370 g/mol. The van der Waals surface area contributed by atoms with Crippen LogP contribution in [-0.2, 0) is 11.3 Å². The van der Waals surface area contributed by atoms with Crippen LogP contribution in [0.1, 0.15) is 36.7 Å². The van der Waals surface area contributed by atoms with Crippen LogP contribution in [0.3, 0.4) is 0 Å². The summed E-state index contributed by atoms with van der Waals surface area (Å²) in [7, 11) is 0. The minimum atomic E-state index is -2.90. The van der Waals surface area contributed by atoms with Crippen LogP contribution >= 0.6 is 0 Å². The molecule has 0 aliphatic rings. The van der Waals surface area contributed by atoms with Crippen LogP contribution < -0.4 is 15.4 Å². The number of carbonyl (C=O) groups is 2. The van der Waals surface area contributed by atoms with Crippen molar-refractivity contribution in [1.82, 2.24) is 5.32 Å². The van der Waals surface area contributed by atoms with Crippen molar-refractivity contribution < 1.29 is 27.8 Å². The molecule has 0 saturated heterocycles. The quantitative estimate of drug-likeness (QED) is 0.755. The molecule has 2 amide bonds. The van der Waals surface area contributed by atoms with Gasteiger partial charge in [-0.1, -0.05) is 12.1 Å². The van der Waals surface area contributed by atoms with Gasteiger partial charge in [-0.05, 0) is 62.7 Å². The van der Waals surface area contributed by atoms with E-state index in [-0.39, 0.29) is 18.2 Å². The number of carbonyl (C=O) groups excluding carboxylic acids is 2. The van der Waals surface area contributed by atoms with E-state index in [1.165, 1.54) is 24.3 Å². The van der Waals surface area contributed by atoms with Gasteiger partial charge in [0.05, 0.1) is 0 Å². The number of rotatable bonds is 6. The fraction of sp³-hybridized carbons (Fsp3) is 0.300. The van der Waals surface area contributed by atoms with Crippen molar-refractivity contribution >= 4 is 17.7 Å². The monoisotopic (exact) mass is 392 g/mol. The van der Waals surface area contributed by atoms with E-state index in [1.54, 1.807) is 45.0 Å². The van der Waals surface area contributed by atoms with Gasteiger partial charge in [-0.2, -0.15) is 8.78 Å². The van der Waals surface area contributed by atoms with Crippen molar-refractivity contribution in [3.05, 3.63) is 59.7 Å². The molecule has 0 aromatic heterocycles. The van der Waals surface area contributed by atoms with Crippen molar-refractivity contribution in [2.24, 2.45) is 0 Å². The second-order valence-electron chi connectivity index (χ2n) is 6.91. The molecular formula is C20H22F2N2O4. The molecule has 0 aliphatic heterocycles. The molecule has 0 bridgehead atoms. The molecule has 0 aliphatic carbocycles. The van der Waals surface area contributed by atoms with Crippen molar-refractivity contribution in [3.63, 3.8) is 0 Å². The lowest BCUT2D eigenvalue weighted by Crippen LogP contribution is -2.32. The minimum Gasteiger partial charge on any atom is -0.444 e. The normalized spacial score (nSPS) is 11.1. The molecule has 28 heavy (non-hydrogen) atoms. The lowest BCUT2D eigenvalue weighted by atomic mass is 10.1. The third kappa shape index (κ3) is 7.22. The molecule has 0 spiro atoms. The number of nitrogens with one attached hydrogen (secondary N) is 2. The zero-order valence-electron chi connectivity index (χ0n) is 15.8. The lowest BCUT2D eigenvalue weighted by Gasteiger charge is -2.19. The Morgan fingerprint density at radius 2 is 1.61 bits per heavy atom. The van der Waals surface area contributed by atoms with E-state index in [2.05, 4.69) is 15.4 Å². The van der Waals surface area contributed by atoms with Crippen LogP contribution in [0, 0.1) is 0 Å². The number of hydrogen-bond acceptors (Lipinski definition) is 4. The maximum absolute atomic E-state index is 12.3. The molecule has 0 radical (unpaired) electrons. The van der Waals surface area contributed by atoms with Gasteiger partial charge in [0, 0.05) is 17.8 Å². The number of amides is 2. The highest BCUT2D eigenvalue weighted by Crippen LogP contribution is 2.18. The summed E-state index contributed by atoms with van der Waals surface area (Å²) in [6.45, 7) is 2.70. The van der Waals surface area contributed by atoms with Crippen LogP contribution in [0.4, 0.5) is 19.3 Å². The highest BCUT2D eigenvalue weighted by Gasteiger charge is 2.15. The third-order valence-corrected chi connectivity index (χ3v) is 3.39. The van der Waals surface area contributed by atoms with Gasteiger partial charge in [0.1, 0.15) is 11.4 Å². The summed E-state index contributed by atoms with van der Waals surface area (Å²) in [4.78, 5) is 23.9. The maximum Gasteiger partial charge on any atom is 0.407 e. The van der Waals surface area contributed by atoms with Gasteiger partial charge in [-0.15, -0.1) is 0 Å². The summed E-state index contributed by atoms with van der Waals surface area (Å²) < 4.78 is 33.7. The standard InChI is InChI=1S/C20H22F2N2O4/c1-20(2,3)28-19(26)23-12-13-4-6-14(7-5-13)17(25)24-15-8-10-16(11-9-15)27-18(21)22/h4-11,18H,12H2,1-3H3,(H,23,26)(H,24,25). The number of anilines is 1. The molecule has 150 valence electrons. The zero-order valence-corrected chi connectivity index (χ0v) is 15.8. The number of alkyl halides is 2. The first-order valence-corrected chi connectivity index (χ1v) is 8.54. The van der Waals surface area contributed by atoms with Crippen LogP contribution in [0.2, 0.25) is 0 Å². The number of hydrogen-bond donors (Lipinski definition) is 2. The Hall–Kier alpha value is -3.16. The van der Waals surface area contributed by atoms with Gasteiger partial charge >= 0.3 is 12.7 Å². The Kier molecular flexibility index (Phi) is 6.92. The maximum atomic E-state index is 12.3. The van der Waals surface area contributed by atoms with Crippen LogP contribution in [-0.4, -0.2) is 24.2 Å². The van der Waals surface area contributed by atoms with E-state index in [1.807, 2.05) is 0 Å². The van der Waals surface area contributed by atoms with Gasteiger partial charge < -0.3 is 20.1 Å². The van der Waals surface area contributed by atoms with E-state index in [9.17, 15) is 18.4 Å². The summed E-state index contributed by atoms with van der Waals surface area (Å²) in [6, 6.07) is 12.3. The molecule has 2 rings (SSSR count). The highest BCUT2D eigenvalue weighted by molar-refractivity contribution is 6.04. The third-order valence-electron chi connectivity index (χ3n) is 3.39. The summed E-state index contributed by atoms with van der Waals surface area (Å²) in [6.07, 6.45) is -0.520. The molecule has 6 nitrogen and oxygen atoms in total. The molecule has 0 fully saturated rings. The number of benzene rings is 2. The Labute approximate surface area is 161 Å². The first-order valence-electron chi connectivity index (χ1n) is 8.54. The van der Waals surface area contributed by atoms with E-state index in [0.29, 0.717) is 11.3 Å². The minimum absolute atomic E-state index is 0.00911. The topological polar surface area (TPSA) is 76.7 Å². The van der Waals surface area contributed by atoms with E-state index in [0.717, 1.165) is 5.56 Å². The van der Waals surface area contributed by atoms with E-state index < -0.39 is 18.3 Å². The molecule has 2 aromatic carbocycles. The highest BCUT2D eigenvalue weighted by atomic mass is 19.3. The number of halogens is 2. The average molecular weight is 392 g/mol. The number of ether oxygens (including phenoxy) is 2. The van der Waals surface area contributed by atoms with Crippen LogP contribution in [0.15, 0.2) is 48.5 Å². The van der Waals surface area contributed by atoms with Crippen molar-refractivity contribution in [2.75, 3.05) is 5.32 Å². The molecule has 8 heteroatoms. The molecule has 0 heterocycles. The molecule has 0 saturated carbocycles. The van der Waals surface area contributed by atoms with Gasteiger partial charge in [-0.3, -0.25) is 4.79 Å². The van der Waals surface area contributed by atoms with Crippen LogP contribution in [0.5, 0.6) is 5.75 Å². The lowest BCUT2D eigenvalue weighted by molar-refractivity contribution is -0.0498. The average Bonchev–Trinajstić information content (AvgIpc) is 2.60.